The second-order valence-corrected chi connectivity index (χ2v) is 5.35. The predicted molar refractivity (Wildman–Crippen MR) is 81.8 cm³/mol. The van der Waals surface area contributed by atoms with E-state index in [-0.39, 0.29) is 11.9 Å². The number of fused-ring (bicyclic) bond motifs is 3. The molecular formula is C16H15FN4. The summed E-state index contributed by atoms with van der Waals surface area (Å²) >= 11 is 0. The lowest BCUT2D eigenvalue weighted by atomic mass is 10.0. The number of hydrogen-bond donors (Lipinski definition) is 2. The minimum Gasteiger partial charge on any atom is -0.399 e. The van der Waals surface area contributed by atoms with Crippen molar-refractivity contribution >= 4 is 22.4 Å². The van der Waals surface area contributed by atoms with Crippen LogP contribution in [0, 0.1) is 5.82 Å². The lowest BCUT2D eigenvalue weighted by Crippen LogP contribution is -2.24. The Morgan fingerprint density at radius 1 is 1.19 bits per heavy atom. The Morgan fingerprint density at radius 3 is 2.81 bits per heavy atom. The summed E-state index contributed by atoms with van der Waals surface area (Å²) in [6.07, 6.45) is 0.938. The third kappa shape index (κ3) is 1.93. The molecule has 106 valence electrons. The van der Waals surface area contributed by atoms with Crippen LogP contribution in [0.1, 0.15) is 18.0 Å². The maximum absolute atomic E-state index is 13.4. The standard InChI is InChI=1S/C16H15FN4/c17-11-3-6-13-14(9-11)20-21-15(7-8-19-16(13)21)10-1-4-12(18)5-2-10/h1-6,9,15,19H,7-8,18H2. The van der Waals surface area contributed by atoms with Crippen LogP contribution >= 0.6 is 0 Å². The smallest absolute Gasteiger partial charge is 0.132 e. The summed E-state index contributed by atoms with van der Waals surface area (Å²) in [5.41, 5.74) is 8.35. The van der Waals surface area contributed by atoms with Gasteiger partial charge in [-0.1, -0.05) is 12.1 Å². The summed E-state index contributed by atoms with van der Waals surface area (Å²) in [7, 11) is 0. The van der Waals surface area contributed by atoms with Crippen LogP contribution in [-0.2, 0) is 0 Å². The van der Waals surface area contributed by atoms with Gasteiger partial charge in [-0.05, 0) is 36.2 Å². The molecule has 1 unspecified atom stereocenters. The second kappa shape index (κ2) is 4.48. The summed E-state index contributed by atoms with van der Waals surface area (Å²) in [6.45, 7) is 0.868. The van der Waals surface area contributed by atoms with Crippen molar-refractivity contribution in [2.24, 2.45) is 0 Å². The first-order chi connectivity index (χ1) is 10.2. The number of benzene rings is 2. The van der Waals surface area contributed by atoms with Gasteiger partial charge < -0.3 is 11.1 Å². The van der Waals surface area contributed by atoms with Crippen molar-refractivity contribution in [1.29, 1.82) is 0 Å². The Labute approximate surface area is 121 Å². The normalized spacial score (nSPS) is 17.5. The van der Waals surface area contributed by atoms with E-state index < -0.39 is 0 Å². The van der Waals surface area contributed by atoms with Gasteiger partial charge >= 0.3 is 0 Å². The lowest BCUT2D eigenvalue weighted by molar-refractivity contribution is 0.485. The van der Waals surface area contributed by atoms with Crippen LogP contribution in [-0.4, -0.2) is 16.3 Å². The quantitative estimate of drug-likeness (QED) is 0.674. The molecule has 2 heterocycles. The van der Waals surface area contributed by atoms with E-state index in [1.807, 2.05) is 28.9 Å². The topological polar surface area (TPSA) is 55.9 Å². The molecule has 1 aliphatic heterocycles. The van der Waals surface area contributed by atoms with Gasteiger partial charge in [0.25, 0.3) is 0 Å². The van der Waals surface area contributed by atoms with E-state index in [9.17, 15) is 4.39 Å². The van der Waals surface area contributed by atoms with Gasteiger partial charge in [0.05, 0.1) is 11.6 Å². The summed E-state index contributed by atoms with van der Waals surface area (Å²) in [5.74, 6) is 0.694. The summed E-state index contributed by atoms with van der Waals surface area (Å²) in [4.78, 5) is 0. The third-order valence-electron chi connectivity index (χ3n) is 3.99. The van der Waals surface area contributed by atoms with Gasteiger partial charge in [0.2, 0.25) is 0 Å². The summed E-state index contributed by atoms with van der Waals surface area (Å²) < 4.78 is 15.3. The van der Waals surface area contributed by atoms with Gasteiger partial charge in [0, 0.05) is 23.7 Å². The maximum Gasteiger partial charge on any atom is 0.132 e. The summed E-state index contributed by atoms with van der Waals surface area (Å²) in [6, 6.07) is 12.7. The van der Waals surface area contributed by atoms with Crippen LogP contribution in [0.4, 0.5) is 15.9 Å². The third-order valence-corrected chi connectivity index (χ3v) is 3.99. The molecular weight excluding hydrogens is 267 g/mol. The fourth-order valence-electron chi connectivity index (χ4n) is 2.95. The number of nitrogens with one attached hydrogen (secondary N) is 1. The van der Waals surface area contributed by atoms with Crippen molar-refractivity contribution in [3.8, 4) is 0 Å². The number of anilines is 2. The Morgan fingerprint density at radius 2 is 2.00 bits per heavy atom. The fourth-order valence-corrected chi connectivity index (χ4v) is 2.95. The van der Waals surface area contributed by atoms with E-state index in [0.717, 1.165) is 29.9 Å². The van der Waals surface area contributed by atoms with Crippen LogP contribution in [0.25, 0.3) is 10.9 Å². The van der Waals surface area contributed by atoms with E-state index in [1.165, 1.54) is 17.7 Å². The van der Waals surface area contributed by atoms with Gasteiger partial charge in [-0.15, -0.1) is 0 Å². The van der Waals surface area contributed by atoms with Crippen LogP contribution in [0.5, 0.6) is 0 Å². The molecule has 1 aliphatic rings. The molecule has 3 N–H and O–H groups in total. The molecule has 1 aromatic heterocycles. The first kappa shape index (κ1) is 12.2. The Kier molecular flexibility index (Phi) is 2.60. The van der Waals surface area contributed by atoms with Crippen molar-refractivity contribution in [3.63, 3.8) is 0 Å². The molecule has 0 radical (unpaired) electrons. The van der Waals surface area contributed by atoms with Crippen LogP contribution in [0.3, 0.4) is 0 Å². The lowest BCUT2D eigenvalue weighted by Gasteiger charge is -2.26. The highest BCUT2D eigenvalue weighted by atomic mass is 19.1. The first-order valence-electron chi connectivity index (χ1n) is 6.99. The molecule has 4 nitrogen and oxygen atoms in total. The summed E-state index contributed by atoms with van der Waals surface area (Å²) in [5, 5.41) is 8.90. The zero-order valence-electron chi connectivity index (χ0n) is 11.4. The number of rotatable bonds is 1. The van der Waals surface area contributed by atoms with E-state index in [4.69, 9.17) is 5.73 Å². The van der Waals surface area contributed by atoms with Gasteiger partial charge in [-0.3, -0.25) is 0 Å². The highest BCUT2D eigenvalue weighted by molar-refractivity contribution is 5.90. The molecule has 1 atom stereocenters. The number of nitrogens with zero attached hydrogens (tertiary/aromatic N) is 2. The monoisotopic (exact) mass is 282 g/mol. The van der Waals surface area contributed by atoms with Crippen molar-refractivity contribution in [1.82, 2.24) is 9.78 Å². The van der Waals surface area contributed by atoms with Gasteiger partial charge in [-0.2, -0.15) is 5.10 Å². The van der Waals surface area contributed by atoms with Crippen molar-refractivity contribution in [2.75, 3.05) is 17.6 Å². The van der Waals surface area contributed by atoms with Gasteiger partial charge in [0.15, 0.2) is 0 Å². The molecule has 21 heavy (non-hydrogen) atoms. The molecule has 0 spiro atoms. The molecule has 4 rings (SSSR count). The molecule has 0 fully saturated rings. The molecule has 0 saturated heterocycles. The molecule has 2 aromatic carbocycles. The number of nitrogen functional groups attached to an aromatic ring is 1. The molecule has 0 amide bonds. The zero-order valence-corrected chi connectivity index (χ0v) is 11.4. The molecule has 0 bridgehead atoms. The zero-order chi connectivity index (χ0) is 14.4. The van der Waals surface area contributed by atoms with E-state index >= 15 is 0 Å². The number of hydrogen-bond acceptors (Lipinski definition) is 3. The minimum atomic E-state index is -0.262. The Hall–Kier alpha value is -2.56. The average molecular weight is 282 g/mol. The molecule has 5 heteroatoms. The first-order valence-corrected chi connectivity index (χ1v) is 6.99. The highest BCUT2D eigenvalue weighted by Crippen LogP contribution is 2.34. The van der Waals surface area contributed by atoms with E-state index in [0.29, 0.717) is 5.52 Å². The number of aromatic nitrogens is 2. The van der Waals surface area contributed by atoms with Crippen LogP contribution < -0.4 is 11.1 Å². The van der Waals surface area contributed by atoms with E-state index in [2.05, 4.69) is 10.4 Å². The molecule has 3 aromatic rings. The van der Waals surface area contributed by atoms with Crippen LogP contribution in [0.2, 0.25) is 0 Å². The minimum absolute atomic E-state index is 0.150. The maximum atomic E-state index is 13.4. The molecule has 0 saturated carbocycles. The average Bonchev–Trinajstić information content (AvgIpc) is 2.85. The van der Waals surface area contributed by atoms with Gasteiger partial charge in [0.1, 0.15) is 11.6 Å². The predicted octanol–water partition coefficient (Wildman–Crippen LogP) is 3.16. The highest BCUT2D eigenvalue weighted by Gasteiger charge is 2.24. The van der Waals surface area contributed by atoms with Crippen LogP contribution in [0.15, 0.2) is 42.5 Å². The van der Waals surface area contributed by atoms with Gasteiger partial charge in [-0.25, -0.2) is 9.07 Å². The number of halogens is 1. The largest absolute Gasteiger partial charge is 0.399 e. The fraction of sp³-hybridized carbons (Fsp3) is 0.188. The SMILES string of the molecule is Nc1ccc(C2CCNc3c4ccc(F)cc4nn32)cc1. The van der Waals surface area contributed by atoms with E-state index in [1.54, 1.807) is 6.07 Å². The van der Waals surface area contributed by atoms with Crippen molar-refractivity contribution in [3.05, 3.63) is 53.8 Å². The molecule has 0 aliphatic carbocycles. The Balaban J connectivity index is 1.87. The van der Waals surface area contributed by atoms with Crippen molar-refractivity contribution in [2.45, 2.75) is 12.5 Å². The van der Waals surface area contributed by atoms with Crippen molar-refractivity contribution < 1.29 is 4.39 Å². The Bertz CT molecular complexity index is 807. The number of nitrogens with two attached hydrogens (primary N) is 1. The second-order valence-electron chi connectivity index (χ2n) is 5.35.